The van der Waals surface area contributed by atoms with Crippen molar-refractivity contribution in [2.45, 2.75) is 79.2 Å². The molecular weight excluding hydrogens is 408 g/mol. The number of carbonyl (C=O) groups excluding carboxylic acids is 5. The van der Waals surface area contributed by atoms with Gasteiger partial charge in [-0.05, 0) is 48.5 Å². The molecule has 0 bridgehead atoms. The van der Waals surface area contributed by atoms with E-state index in [2.05, 4.69) is 0 Å². The second-order valence-electron chi connectivity index (χ2n) is 9.16. The Morgan fingerprint density at radius 3 is 1.77 bits per heavy atom. The van der Waals surface area contributed by atoms with Gasteiger partial charge >= 0.3 is 23.9 Å². The summed E-state index contributed by atoms with van der Waals surface area (Å²) in [7, 11) is 1.44. The van der Waals surface area contributed by atoms with E-state index in [9.17, 15) is 24.0 Å². The lowest BCUT2D eigenvalue weighted by atomic mass is 9.92. The molecule has 1 fully saturated rings. The molecule has 0 radical (unpaired) electrons. The number of hydrogen-bond acceptors (Lipinski definition) is 8. The molecule has 0 spiro atoms. The van der Waals surface area contributed by atoms with E-state index in [1.807, 2.05) is 0 Å². The molecule has 0 saturated carbocycles. The summed E-state index contributed by atoms with van der Waals surface area (Å²) < 4.78 is 15.6. The van der Waals surface area contributed by atoms with Gasteiger partial charge in [0, 0.05) is 7.05 Å². The third-order valence-electron chi connectivity index (χ3n) is 4.31. The van der Waals surface area contributed by atoms with Gasteiger partial charge < -0.3 is 19.1 Å². The van der Waals surface area contributed by atoms with Gasteiger partial charge in [-0.3, -0.25) is 14.4 Å². The third-order valence-corrected chi connectivity index (χ3v) is 4.31. The number of likely N-dealkylation sites (N-methyl/N-ethyl adjacent to an activating group) is 1. The first-order valence-corrected chi connectivity index (χ1v) is 10.3. The maximum atomic E-state index is 13.3. The Balaban J connectivity index is 3.25. The van der Waals surface area contributed by atoms with E-state index in [0.29, 0.717) is 0 Å². The second-order valence-corrected chi connectivity index (χ2v) is 9.16. The number of carbonyl (C=O) groups is 5. The SMILES string of the molecule is CC(C)OC(=O)C(C(=O)OC(C)C)[C@H](C)C(=O)N1C(=O)N(C)C[C@H]1C(=O)OC(C)(C)C. The molecule has 31 heavy (non-hydrogen) atoms. The van der Waals surface area contributed by atoms with Crippen molar-refractivity contribution in [2.75, 3.05) is 13.6 Å². The molecular formula is C21H34N2O8. The van der Waals surface area contributed by atoms with E-state index >= 15 is 0 Å². The number of ether oxygens (including phenoxy) is 3. The van der Waals surface area contributed by atoms with Gasteiger partial charge in [0.05, 0.1) is 24.7 Å². The number of amides is 3. The summed E-state index contributed by atoms with van der Waals surface area (Å²) in [4.78, 5) is 65.7. The number of nitrogens with zero attached hydrogens (tertiary/aromatic N) is 2. The molecule has 0 aliphatic carbocycles. The molecule has 0 aromatic carbocycles. The predicted octanol–water partition coefficient (Wildman–Crippen LogP) is 1.75. The molecule has 0 unspecified atom stereocenters. The van der Waals surface area contributed by atoms with Crippen molar-refractivity contribution in [1.29, 1.82) is 0 Å². The summed E-state index contributed by atoms with van der Waals surface area (Å²) >= 11 is 0. The fourth-order valence-corrected chi connectivity index (χ4v) is 3.01. The van der Waals surface area contributed by atoms with Crippen LogP contribution in [0.25, 0.3) is 0 Å². The number of urea groups is 1. The number of hydrogen-bond donors (Lipinski definition) is 0. The van der Waals surface area contributed by atoms with E-state index < -0.39 is 65.5 Å². The first kappa shape index (κ1) is 26.4. The molecule has 10 heteroatoms. The minimum Gasteiger partial charge on any atom is -0.462 e. The van der Waals surface area contributed by atoms with Crippen LogP contribution in [0.2, 0.25) is 0 Å². The summed E-state index contributed by atoms with van der Waals surface area (Å²) in [5.41, 5.74) is -0.827. The zero-order valence-electron chi connectivity index (χ0n) is 19.8. The molecule has 0 aromatic rings. The standard InChI is InChI=1S/C21H34N2O8/c1-11(2)29-18(26)15(19(27)30-12(3)4)13(5)16(24)23-14(10-22(9)20(23)28)17(25)31-21(6,7)8/h11-15H,10H2,1-9H3/t13-,14-/m0/s1. The molecule has 1 rings (SSSR count). The number of esters is 3. The Labute approximate surface area is 183 Å². The van der Waals surface area contributed by atoms with Gasteiger partial charge in [-0.15, -0.1) is 0 Å². The number of imide groups is 1. The zero-order valence-corrected chi connectivity index (χ0v) is 19.8. The van der Waals surface area contributed by atoms with Crippen molar-refractivity contribution in [2.24, 2.45) is 11.8 Å². The molecule has 1 aliphatic rings. The molecule has 0 N–H and O–H groups in total. The predicted molar refractivity (Wildman–Crippen MR) is 110 cm³/mol. The lowest BCUT2D eigenvalue weighted by molar-refractivity contribution is -0.172. The van der Waals surface area contributed by atoms with E-state index in [0.717, 1.165) is 4.90 Å². The van der Waals surface area contributed by atoms with Gasteiger partial charge in [-0.2, -0.15) is 0 Å². The van der Waals surface area contributed by atoms with Crippen LogP contribution in [0.4, 0.5) is 4.79 Å². The molecule has 2 atom stereocenters. The Kier molecular flexibility index (Phi) is 8.60. The van der Waals surface area contributed by atoms with Crippen LogP contribution in [0.15, 0.2) is 0 Å². The van der Waals surface area contributed by atoms with Crippen LogP contribution in [-0.4, -0.2) is 77.1 Å². The van der Waals surface area contributed by atoms with E-state index in [4.69, 9.17) is 14.2 Å². The summed E-state index contributed by atoms with van der Waals surface area (Å²) in [6, 6.07) is -1.92. The fourth-order valence-electron chi connectivity index (χ4n) is 3.01. The highest BCUT2D eigenvalue weighted by Crippen LogP contribution is 2.26. The minimum absolute atomic E-state index is 0.0657. The van der Waals surface area contributed by atoms with Gasteiger partial charge in [0.25, 0.3) is 0 Å². The van der Waals surface area contributed by atoms with Crippen molar-refractivity contribution in [3.8, 4) is 0 Å². The first-order valence-electron chi connectivity index (χ1n) is 10.3. The van der Waals surface area contributed by atoms with Gasteiger partial charge in [-0.25, -0.2) is 14.5 Å². The van der Waals surface area contributed by atoms with Crippen LogP contribution >= 0.6 is 0 Å². The Morgan fingerprint density at radius 1 is 0.935 bits per heavy atom. The minimum atomic E-state index is -1.59. The van der Waals surface area contributed by atoms with Crippen LogP contribution in [0.1, 0.15) is 55.4 Å². The molecule has 0 aromatic heterocycles. The molecule has 10 nitrogen and oxygen atoms in total. The molecule has 3 amide bonds. The van der Waals surface area contributed by atoms with Gasteiger partial charge in [-0.1, -0.05) is 6.92 Å². The van der Waals surface area contributed by atoms with Crippen LogP contribution < -0.4 is 0 Å². The first-order chi connectivity index (χ1) is 14.1. The normalized spacial score (nSPS) is 17.9. The summed E-state index contributed by atoms with van der Waals surface area (Å²) in [5.74, 6) is -6.38. The van der Waals surface area contributed by atoms with E-state index in [-0.39, 0.29) is 6.54 Å². The zero-order chi connectivity index (χ0) is 24.3. The summed E-state index contributed by atoms with van der Waals surface area (Å²) in [6.07, 6.45) is -1.06. The van der Waals surface area contributed by atoms with Crippen molar-refractivity contribution in [1.82, 2.24) is 9.80 Å². The lowest BCUT2D eigenvalue weighted by Crippen LogP contribution is -2.51. The summed E-state index contributed by atoms with van der Waals surface area (Å²) in [6.45, 7) is 12.7. The van der Waals surface area contributed by atoms with Crippen molar-refractivity contribution >= 4 is 29.8 Å². The maximum absolute atomic E-state index is 13.3. The quantitative estimate of drug-likeness (QED) is 0.332. The average Bonchev–Trinajstić information content (AvgIpc) is 2.86. The highest BCUT2D eigenvalue weighted by Gasteiger charge is 2.50. The molecule has 1 heterocycles. The third kappa shape index (κ3) is 6.93. The topological polar surface area (TPSA) is 120 Å². The summed E-state index contributed by atoms with van der Waals surface area (Å²) in [5, 5.41) is 0. The van der Waals surface area contributed by atoms with Crippen molar-refractivity contribution in [3.05, 3.63) is 0 Å². The van der Waals surface area contributed by atoms with Gasteiger partial charge in [0.2, 0.25) is 5.91 Å². The highest BCUT2D eigenvalue weighted by molar-refractivity contribution is 6.06. The van der Waals surface area contributed by atoms with Crippen LogP contribution in [0.3, 0.4) is 0 Å². The smallest absolute Gasteiger partial charge is 0.331 e. The van der Waals surface area contributed by atoms with Crippen molar-refractivity contribution < 1.29 is 38.2 Å². The van der Waals surface area contributed by atoms with Gasteiger partial charge in [0.1, 0.15) is 5.60 Å². The van der Waals surface area contributed by atoms with Crippen LogP contribution in [-0.2, 0) is 33.4 Å². The van der Waals surface area contributed by atoms with E-state index in [1.54, 1.807) is 48.5 Å². The largest absolute Gasteiger partial charge is 0.462 e. The highest BCUT2D eigenvalue weighted by atomic mass is 16.6. The van der Waals surface area contributed by atoms with Crippen molar-refractivity contribution in [3.63, 3.8) is 0 Å². The Morgan fingerprint density at radius 2 is 1.39 bits per heavy atom. The molecule has 1 saturated heterocycles. The number of rotatable bonds is 7. The Bertz CT molecular complexity index is 703. The molecule has 1 aliphatic heterocycles. The van der Waals surface area contributed by atoms with E-state index in [1.165, 1.54) is 18.9 Å². The van der Waals surface area contributed by atoms with Crippen LogP contribution in [0.5, 0.6) is 0 Å². The van der Waals surface area contributed by atoms with Crippen LogP contribution in [0, 0.1) is 11.8 Å². The lowest BCUT2D eigenvalue weighted by Gasteiger charge is -2.29. The molecule has 176 valence electrons. The maximum Gasteiger partial charge on any atom is 0.331 e. The monoisotopic (exact) mass is 442 g/mol. The average molecular weight is 443 g/mol. The Hall–Kier alpha value is -2.65. The second kappa shape index (κ2) is 10.1. The fraction of sp³-hybridized carbons (Fsp3) is 0.762. The van der Waals surface area contributed by atoms with Gasteiger partial charge in [0.15, 0.2) is 12.0 Å².